The van der Waals surface area contributed by atoms with E-state index in [1.54, 1.807) is 11.3 Å². The molecule has 2 N–H and O–H groups in total. The van der Waals surface area contributed by atoms with Crippen molar-refractivity contribution in [1.29, 1.82) is 0 Å². The van der Waals surface area contributed by atoms with Crippen molar-refractivity contribution in [2.45, 2.75) is 32.8 Å². The minimum absolute atomic E-state index is 0.127. The largest absolute Gasteiger partial charge is 0.399 e. The van der Waals surface area contributed by atoms with Crippen molar-refractivity contribution in [2.75, 3.05) is 12.3 Å². The van der Waals surface area contributed by atoms with Crippen molar-refractivity contribution in [3.63, 3.8) is 0 Å². The van der Waals surface area contributed by atoms with E-state index in [9.17, 15) is 0 Å². The monoisotopic (exact) mass is 276 g/mol. The van der Waals surface area contributed by atoms with E-state index in [4.69, 9.17) is 15.5 Å². The average molecular weight is 276 g/mol. The Morgan fingerprint density at radius 3 is 2.63 bits per heavy atom. The molecule has 0 aliphatic carbocycles. The number of hydrogen-bond acceptors (Lipinski definition) is 4. The normalized spacial score (nSPS) is 12.5. The SMILES string of the molecule is CCCC(OCC)c1nc(-c2ccc(N)cc2)cs1. The smallest absolute Gasteiger partial charge is 0.122 e. The van der Waals surface area contributed by atoms with Crippen LogP contribution in [0.4, 0.5) is 5.69 Å². The third kappa shape index (κ3) is 3.55. The fraction of sp³-hybridized carbons (Fsp3) is 0.400. The maximum Gasteiger partial charge on any atom is 0.122 e. The Morgan fingerprint density at radius 2 is 2.00 bits per heavy atom. The summed E-state index contributed by atoms with van der Waals surface area (Å²) in [6.45, 7) is 4.92. The van der Waals surface area contributed by atoms with Gasteiger partial charge >= 0.3 is 0 Å². The first-order valence-electron chi connectivity index (χ1n) is 6.67. The van der Waals surface area contributed by atoms with Crippen molar-refractivity contribution in [3.8, 4) is 11.3 Å². The number of ether oxygens (including phenoxy) is 1. The first kappa shape index (κ1) is 14.0. The van der Waals surface area contributed by atoms with Crippen LogP contribution in [0.3, 0.4) is 0 Å². The molecule has 3 nitrogen and oxygen atoms in total. The fourth-order valence-corrected chi connectivity index (χ4v) is 2.87. The number of anilines is 1. The lowest BCUT2D eigenvalue weighted by Crippen LogP contribution is -2.03. The molecule has 0 spiro atoms. The van der Waals surface area contributed by atoms with Gasteiger partial charge in [0, 0.05) is 23.2 Å². The molecule has 0 radical (unpaired) electrons. The van der Waals surface area contributed by atoms with Crippen LogP contribution in [-0.4, -0.2) is 11.6 Å². The maximum atomic E-state index is 5.76. The zero-order valence-electron chi connectivity index (χ0n) is 11.4. The number of nitrogens with two attached hydrogens (primary N) is 1. The minimum Gasteiger partial charge on any atom is -0.399 e. The Hall–Kier alpha value is -1.39. The van der Waals surface area contributed by atoms with Gasteiger partial charge in [-0.3, -0.25) is 0 Å². The highest BCUT2D eigenvalue weighted by atomic mass is 32.1. The number of nitrogen functional groups attached to an aromatic ring is 1. The fourth-order valence-electron chi connectivity index (χ4n) is 1.96. The van der Waals surface area contributed by atoms with Crippen LogP contribution in [0.15, 0.2) is 29.6 Å². The van der Waals surface area contributed by atoms with Crippen LogP contribution in [0, 0.1) is 0 Å². The molecule has 0 bridgehead atoms. The van der Waals surface area contributed by atoms with Crippen molar-refractivity contribution >= 4 is 17.0 Å². The molecule has 1 unspecified atom stereocenters. The molecule has 0 amide bonds. The Kier molecular flexibility index (Phi) is 4.93. The second-order valence-corrected chi connectivity index (χ2v) is 5.32. The van der Waals surface area contributed by atoms with Gasteiger partial charge in [0.25, 0.3) is 0 Å². The van der Waals surface area contributed by atoms with Crippen LogP contribution in [0.25, 0.3) is 11.3 Å². The lowest BCUT2D eigenvalue weighted by molar-refractivity contribution is 0.0555. The standard InChI is InChI=1S/C15H20N2OS/c1-3-5-14(18-4-2)15-17-13(10-19-15)11-6-8-12(16)9-7-11/h6-10,14H,3-5,16H2,1-2H3. The van der Waals surface area contributed by atoms with Gasteiger partial charge < -0.3 is 10.5 Å². The van der Waals surface area contributed by atoms with Gasteiger partial charge in [0.1, 0.15) is 11.1 Å². The van der Waals surface area contributed by atoms with Crippen molar-refractivity contribution in [2.24, 2.45) is 0 Å². The topological polar surface area (TPSA) is 48.1 Å². The van der Waals surface area contributed by atoms with E-state index in [0.29, 0.717) is 0 Å². The summed E-state index contributed by atoms with van der Waals surface area (Å²) in [6, 6.07) is 7.81. The van der Waals surface area contributed by atoms with Gasteiger partial charge in [0.15, 0.2) is 0 Å². The van der Waals surface area contributed by atoms with Gasteiger partial charge in [-0.1, -0.05) is 25.5 Å². The van der Waals surface area contributed by atoms with Gasteiger partial charge in [-0.15, -0.1) is 11.3 Å². The molecule has 2 rings (SSSR count). The zero-order chi connectivity index (χ0) is 13.7. The summed E-state index contributed by atoms with van der Waals surface area (Å²) in [6.07, 6.45) is 2.24. The summed E-state index contributed by atoms with van der Waals surface area (Å²) in [4.78, 5) is 4.70. The van der Waals surface area contributed by atoms with Crippen molar-refractivity contribution < 1.29 is 4.74 Å². The molecule has 1 atom stereocenters. The molecule has 0 saturated heterocycles. The van der Waals surface area contributed by atoms with E-state index >= 15 is 0 Å². The van der Waals surface area contributed by atoms with Crippen LogP contribution in [0.2, 0.25) is 0 Å². The minimum atomic E-state index is 0.127. The van der Waals surface area contributed by atoms with E-state index in [1.165, 1.54) is 0 Å². The van der Waals surface area contributed by atoms with Gasteiger partial charge in [0.2, 0.25) is 0 Å². The van der Waals surface area contributed by atoms with Crippen LogP contribution in [-0.2, 0) is 4.74 Å². The van der Waals surface area contributed by atoms with Crippen LogP contribution in [0.1, 0.15) is 37.8 Å². The quantitative estimate of drug-likeness (QED) is 0.801. The zero-order valence-corrected chi connectivity index (χ0v) is 12.2. The Balaban J connectivity index is 2.19. The van der Waals surface area contributed by atoms with Gasteiger partial charge in [0.05, 0.1) is 5.69 Å². The number of benzene rings is 1. The predicted octanol–water partition coefficient (Wildman–Crippen LogP) is 4.27. The molecule has 19 heavy (non-hydrogen) atoms. The molecule has 1 heterocycles. The van der Waals surface area contributed by atoms with Gasteiger partial charge in [-0.2, -0.15) is 0 Å². The Morgan fingerprint density at radius 1 is 1.26 bits per heavy atom. The highest BCUT2D eigenvalue weighted by molar-refractivity contribution is 7.10. The molecular formula is C15H20N2OS. The molecule has 0 aliphatic rings. The highest BCUT2D eigenvalue weighted by Crippen LogP contribution is 2.30. The highest BCUT2D eigenvalue weighted by Gasteiger charge is 2.15. The summed E-state index contributed by atoms with van der Waals surface area (Å²) < 4.78 is 5.76. The van der Waals surface area contributed by atoms with Crippen LogP contribution >= 0.6 is 11.3 Å². The van der Waals surface area contributed by atoms with Crippen LogP contribution in [0.5, 0.6) is 0 Å². The number of aromatic nitrogens is 1. The molecule has 0 aliphatic heterocycles. The lowest BCUT2D eigenvalue weighted by Gasteiger charge is -2.12. The van der Waals surface area contributed by atoms with Gasteiger partial charge in [-0.05, 0) is 25.5 Å². The Labute approximate surface area is 118 Å². The second-order valence-electron chi connectivity index (χ2n) is 4.43. The summed E-state index contributed by atoms with van der Waals surface area (Å²) in [5.74, 6) is 0. The van der Waals surface area contributed by atoms with Crippen LogP contribution < -0.4 is 5.73 Å². The molecule has 102 valence electrons. The summed E-state index contributed by atoms with van der Waals surface area (Å²) >= 11 is 1.67. The first-order chi connectivity index (χ1) is 9.24. The lowest BCUT2D eigenvalue weighted by atomic mass is 10.1. The van der Waals surface area contributed by atoms with E-state index in [1.807, 2.05) is 31.2 Å². The number of rotatable bonds is 6. The van der Waals surface area contributed by atoms with Gasteiger partial charge in [-0.25, -0.2) is 4.98 Å². The molecule has 2 aromatic rings. The third-order valence-corrected chi connectivity index (χ3v) is 3.86. The second kappa shape index (κ2) is 6.68. The molecule has 1 aromatic heterocycles. The third-order valence-electron chi connectivity index (χ3n) is 2.92. The molecular weight excluding hydrogens is 256 g/mol. The van der Waals surface area contributed by atoms with Crippen molar-refractivity contribution in [3.05, 3.63) is 34.7 Å². The molecule has 0 fully saturated rings. The number of thiazole rings is 1. The Bertz CT molecular complexity index is 501. The average Bonchev–Trinajstić information content (AvgIpc) is 2.89. The van der Waals surface area contributed by atoms with Crippen molar-refractivity contribution in [1.82, 2.24) is 4.98 Å². The molecule has 0 saturated carbocycles. The van der Waals surface area contributed by atoms with E-state index in [2.05, 4.69) is 12.3 Å². The van der Waals surface area contributed by atoms with E-state index < -0.39 is 0 Å². The predicted molar refractivity (Wildman–Crippen MR) is 81.2 cm³/mol. The summed E-state index contributed by atoms with van der Waals surface area (Å²) in [5.41, 5.74) is 8.58. The number of nitrogens with zero attached hydrogens (tertiary/aromatic N) is 1. The van der Waals surface area contributed by atoms with E-state index in [0.717, 1.165) is 41.4 Å². The number of hydrogen-bond donors (Lipinski definition) is 1. The summed E-state index contributed by atoms with van der Waals surface area (Å²) in [7, 11) is 0. The molecule has 4 heteroatoms. The first-order valence-corrected chi connectivity index (χ1v) is 7.55. The maximum absolute atomic E-state index is 5.76. The van der Waals surface area contributed by atoms with E-state index in [-0.39, 0.29) is 6.10 Å². The summed E-state index contributed by atoms with van der Waals surface area (Å²) in [5, 5.41) is 3.15. The molecule has 1 aromatic carbocycles.